The van der Waals surface area contributed by atoms with E-state index in [1.165, 1.54) is 4.68 Å². The van der Waals surface area contributed by atoms with Crippen LogP contribution in [-0.4, -0.2) is 57.4 Å². The Morgan fingerprint density at radius 3 is 2.85 bits per heavy atom. The maximum Gasteiger partial charge on any atom is 0.275 e. The van der Waals surface area contributed by atoms with Crippen LogP contribution in [0.3, 0.4) is 0 Å². The molecule has 0 spiro atoms. The van der Waals surface area contributed by atoms with Gasteiger partial charge >= 0.3 is 0 Å². The minimum Gasteiger partial charge on any atom is -0.376 e. The fourth-order valence-electron chi connectivity index (χ4n) is 3.96. The molecule has 0 radical (unpaired) electrons. The Morgan fingerprint density at radius 1 is 1.33 bits per heavy atom. The second-order valence-corrected chi connectivity index (χ2v) is 8.44. The monoisotopic (exact) mass is 387 g/mol. The molecule has 0 bridgehead atoms. The number of fused-ring (bicyclic) bond motifs is 1. The first-order valence-electron chi connectivity index (χ1n) is 9.59. The van der Waals surface area contributed by atoms with Crippen LogP contribution >= 0.6 is 11.8 Å². The molecule has 0 aliphatic carbocycles. The second-order valence-electron chi connectivity index (χ2n) is 7.29. The van der Waals surface area contributed by atoms with Gasteiger partial charge in [0.05, 0.1) is 17.2 Å². The van der Waals surface area contributed by atoms with E-state index in [4.69, 9.17) is 4.74 Å². The molecular formula is C20H25N3O3S. The summed E-state index contributed by atoms with van der Waals surface area (Å²) >= 11 is 1.88. The number of nitrogens with zero attached hydrogens (tertiary/aromatic N) is 3. The number of thioether (sulfide) groups is 1. The summed E-state index contributed by atoms with van der Waals surface area (Å²) in [7, 11) is 0. The molecule has 2 aromatic rings. The van der Waals surface area contributed by atoms with Crippen molar-refractivity contribution in [1.82, 2.24) is 14.7 Å². The van der Waals surface area contributed by atoms with E-state index < -0.39 is 0 Å². The third-order valence-corrected chi connectivity index (χ3v) is 6.57. The van der Waals surface area contributed by atoms with Gasteiger partial charge in [0.2, 0.25) is 5.91 Å². The zero-order valence-electron chi connectivity index (χ0n) is 15.6. The number of carbonyl (C=O) groups excluding carboxylic acids is 1. The predicted molar refractivity (Wildman–Crippen MR) is 107 cm³/mol. The van der Waals surface area contributed by atoms with E-state index in [0.29, 0.717) is 11.9 Å². The molecule has 1 aromatic carbocycles. The summed E-state index contributed by atoms with van der Waals surface area (Å²) < 4.78 is 7.08. The Balaban J connectivity index is 1.59. The molecule has 144 valence electrons. The molecule has 27 heavy (non-hydrogen) atoms. The van der Waals surface area contributed by atoms with Crippen LogP contribution in [0.15, 0.2) is 29.1 Å². The summed E-state index contributed by atoms with van der Waals surface area (Å²) in [5, 5.41) is 5.86. The zero-order valence-corrected chi connectivity index (χ0v) is 16.4. The molecule has 2 fully saturated rings. The minimum absolute atomic E-state index is 0.0155. The van der Waals surface area contributed by atoms with Crippen molar-refractivity contribution in [3.05, 3.63) is 40.3 Å². The van der Waals surface area contributed by atoms with Crippen LogP contribution in [0.5, 0.6) is 0 Å². The molecule has 0 saturated carbocycles. The zero-order chi connectivity index (χ0) is 18.8. The molecule has 4 rings (SSSR count). The summed E-state index contributed by atoms with van der Waals surface area (Å²) in [6.07, 6.45) is 3.17. The van der Waals surface area contributed by atoms with Gasteiger partial charge in [0.15, 0.2) is 0 Å². The molecule has 2 aliphatic rings. The maximum absolute atomic E-state index is 13.1. The van der Waals surface area contributed by atoms with Crippen molar-refractivity contribution in [3.8, 4) is 0 Å². The molecular weight excluding hydrogens is 362 g/mol. The molecule has 0 N–H and O–H groups in total. The van der Waals surface area contributed by atoms with Crippen molar-refractivity contribution in [3.63, 3.8) is 0 Å². The third kappa shape index (κ3) is 3.89. The molecule has 7 heteroatoms. The minimum atomic E-state index is -0.206. The highest BCUT2D eigenvalue weighted by atomic mass is 32.2. The number of aromatic nitrogens is 2. The van der Waals surface area contributed by atoms with Gasteiger partial charge in [-0.3, -0.25) is 9.59 Å². The number of carbonyl (C=O) groups is 1. The first-order valence-corrected chi connectivity index (χ1v) is 10.7. The van der Waals surface area contributed by atoms with Gasteiger partial charge in [-0.25, -0.2) is 4.68 Å². The Kier molecular flexibility index (Phi) is 5.50. The fraction of sp³-hybridized carbons (Fsp3) is 0.550. The van der Waals surface area contributed by atoms with Gasteiger partial charge in [0.25, 0.3) is 5.56 Å². The summed E-state index contributed by atoms with van der Waals surface area (Å²) in [5.74, 6) is 1.99. The normalized spacial score (nSPS) is 22.4. The van der Waals surface area contributed by atoms with E-state index in [0.717, 1.165) is 48.5 Å². The van der Waals surface area contributed by atoms with Gasteiger partial charge in [-0.05, 0) is 38.0 Å². The lowest BCUT2D eigenvalue weighted by Gasteiger charge is -2.31. The van der Waals surface area contributed by atoms with Crippen molar-refractivity contribution in [2.75, 3.05) is 24.7 Å². The summed E-state index contributed by atoms with van der Waals surface area (Å²) in [6, 6.07) is 7.65. The van der Waals surface area contributed by atoms with Crippen LogP contribution in [0.25, 0.3) is 10.8 Å². The Labute approximate surface area is 162 Å². The Morgan fingerprint density at radius 2 is 2.15 bits per heavy atom. The predicted octanol–water partition coefficient (Wildman–Crippen LogP) is 2.22. The lowest BCUT2D eigenvalue weighted by molar-refractivity contribution is -0.135. The van der Waals surface area contributed by atoms with E-state index in [2.05, 4.69) is 5.10 Å². The Hall–Kier alpha value is -1.86. The van der Waals surface area contributed by atoms with Crippen molar-refractivity contribution >= 4 is 28.4 Å². The van der Waals surface area contributed by atoms with Crippen LogP contribution in [-0.2, 0) is 16.1 Å². The number of aryl methyl sites for hydroxylation is 1. The van der Waals surface area contributed by atoms with Gasteiger partial charge in [-0.2, -0.15) is 16.9 Å². The number of rotatable bonds is 5. The fourth-order valence-corrected chi connectivity index (χ4v) is 5.18. The standard InChI is InChI=1S/C20H25N3O3S/c1-14-17-6-2-3-7-18(17)20(25)23(21-14)12-19(24)22(15-8-10-27-13-15)11-16-5-4-9-26-16/h2-3,6-7,15-16H,4-5,8-13H2,1H3. The average molecular weight is 388 g/mol. The highest BCUT2D eigenvalue weighted by molar-refractivity contribution is 7.99. The van der Waals surface area contributed by atoms with Gasteiger partial charge in [-0.15, -0.1) is 0 Å². The Bertz CT molecular complexity index is 886. The molecule has 6 nitrogen and oxygen atoms in total. The highest BCUT2D eigenvalue weighted by Gasteiger charge is 2.31. The average Bonchev–Trinajstić information content (AvgIpc) is 3.37. The van der Waals surface area contributed by atoms with Crippen molar-refractivity contribution < 1.29 is 9.53 Å². The molecule has 1 amide bonds. The smallest absolute Gasteiger partial charge is 0.275 e. The van der Waals surface area contributed by atoms with Crippen LogP contribution in [0.2, 0.25) is 0 Å². The van der Waals surface area contributed by atoms with Gasteiger partial charge in [0.1, 0.15) is 6.54 Å². The second kappa shape index (κ2) is 8.02. The van der Waals surface area contributed by atoms with E-state index in [1.54, 1.807) is 6.07 Å². The number of ether oxygens (including phenoxy) is 1. The van der Waals surface area contributed by atoms with Crippen molar-refractivity contribution in [2.45, 2.75) is 44.9 Å². The molecule has 2 aliphatic heterocycles. The van der Waals surface area contributed by atoms with E-state index >= 15 is 0 Å². The lowest BCUT2D eigenvalue weighted by Crippen LogP contribution is -2.47. The highest BCUT2D eigenvalue weighted by Crippen LogP contribution is 2.25. The van der Waals surface area contributed by atoms with Gasteiger partial charge in [-0.1, -0.05) is 18.2 Å². The summed E-state index contributed by atoms with van der Waals surface area (Å²) in [4.78, 5) is 27.9. The number of hydrogen-bond acceptors (Lipinski definition) is 5. The first kappa shape index (κ1) is 18.5. The number of hydrogen-bond donors (Lipinski definition) is 0. The quantitative estimate of drug-likeness (QED) is 0.787. The number of amides is 1. The van der Waals surface area contributed by atoms with E-state index in [1.807, 2.05) is 41.8 Å². The third-order valence-electron chi connectivity index (χ3n) is 5.43. The summed E-state index contributed by atoms with van der Waals surface area (Å²) in [6.45, 7) is 3.25. The number of benzene rings is 1. The SMILES string of the molecule is Cc1nn(CC(=O)N(CC2CCCO2)C2CCSC2)c(=O)c2ccccc12. The molecule has 3 heterocycles. The van der Waals surface area contributed by atoms with Gasteiger partial charge < -0.3 is 9.64 Å². The largest absolute Gasteiger partial charge is 0.376 e. The summed E-state index contributed by atoms with van der Waals surface area (Å²) in [5.41, 5.74) is 0.558. The molecule has 2 atom stereocenters. The maximum atomic E-state index is 13.1. The van der Waals surface area contributed by atoms with Gasteiger partial charge in [0, 0.05) is 30.3 Å². The lowest BCUT2D eigenvalue weighted by atomic mass is 10.1. The molecule has 1 aromatic heterocycles. The van der Waals surface area contributed by atoms with Crippen LogP contribution in [0, 0.1) is 6.92 Å². The van der Waals surface area contributed by atoms with Crippen LogP contribution in [0.1, 0.15) is 25.0 Å². The van der Waals surface area contributed by atoms with E-state index in [-0.39, 0.29) is 30.2 Å². The topological polar surface area (TPSA) is 64.4 Å². The van der Waals surface area contributed by atoms with Crippen molar-refractivity contribution in [2.24, 2.45) is 0 Å². The van der Waals surface area contributed by atoms with Crippen LogP contribution in [0.4, 0.5) is 0 Å². The first-order chi connectivity index (χ1) is 13.1. The molecule has 2 unspecified atom stereocenters. The van der Waals surface area contributed by atoms with Crippen molar-refractivity contribution in [1.29, 1.82) is 0 Å². The van der Waals surface area contributed by atoms with Crippen LogP contribution < -0.4 is 5.56 Å². The van der Waals surface area contributed by atoms with E-state index in [9.17, 15) is 9.59 Å². The molecule has 2 saturated heterocycles.